The van der Waals surface area contributed by atoms with Gasteiger partial charge in [-0.05, 0) is 31.0 Å². The number of hydrogen-bond acceptors (Lipinski definition) is 4. The van der Waals surface area contributed by atoms with Crippen LogP contribution in [0, 0.1) is 0 Å². The predicted molar refractivity (Wildman–Crippen MR) is 83.1 cm³/mol. The molecule has 0 saturated heterocycles. The summed E-state index contributed by atoms with van der Waals surface area (Å²) in [5, 5.41) is 6.81. The van der Waals surface area contributed by atoms with Gasteiger partial charge in [0.25, 0.3) is 5.91 Å². The van der Waals surface area contributed by atoms with E-state index in [0.29, 0.717) is 27.6 Å². The third-order valence-corrected chi connectivity index (χ3v) is 3.56. The van der Waals surface area contributed by atoms with Crippen molar-refractivity contribution in [2.75, 3.05) is 10.6 Å². The Morgan fingerprint density at radius 1 is 1.19 bits per heavy atom. The first kappa shape index (κ1) is 14.1. The molecular formula is C14H12Cl2N4O. The summed E-state index contributed by atoms with van der Waals surface area (Å²) in [4.78, 5) is 20.3. The van der Waals surface area contributed by atoms with E-state index in [0.717, 1.165) is 12.8 Å². The van der Waals surface area contributed by atoms with E-state index in [4.69, 9.17) is 23.2 Å². The van der Waals surface area contributed by atoms with Gasteiger partial charge in [0.05, 0.1) is 10.7 Å². The lowest BCUT2D eigenvalue weighted by Crippen LogP contribution is -2.15. The molecule has 1 aliphatic carbocycles. The van der Waals surface area contributed by atoms with E-state index >= 15 is 0 Å². The molecule has 7 heteroatoms. The molecule has 1 aromatic carbocycles. The number of nitrogens with one attached hydrogen (secondary N) is 2. The second kappa shape index (κ2) is 5.87. The van der Waals surface area contributed by atoms with Crippen LogP contribution in [0.5, 0.6) is 0 Å². The Hall–Kier alpha value is -1.85. The highest BCUT2D eigenvalue weighted by Crippen LogP contribution is 2.26. The molecule has 108 valence electrons. The van der Waals surface area contributed by atoms with Crippen LogP contribution in [0.1, 0.15) is 23.3 Å². The standard InChI is InChI=1S/C14H12Cl2N4O/c15-8-1-4-11(10(16)5-8)20-14(21)12-6-13(18-7-17-12)19-9-2-3-9/h1,4-7,9H,2-3H2,(H,20,21)(H,17,18,19). The third kappa shape index (κ3) is 3.62. The quantitative estimate of drug-likeness (QED) is 0.902. The van der Waals surface area contributed by atoms with Crippen molar-refractivity contribution >= 4 is 40.6 Å². The molecule has 1 fully saturated rings. The van der Waals surface area contributed by atoms with Crippen LogP contribution in [0.2, 0.25) is 10.0 Å². The van der Waals surface area contributed by atoms with Gasteiger partial charge in [-0.15, -0.1) is 0 Å². The second-order valence-electron chi connectivity index (χ2n) is 4.79. The molecule has 21 heavy (non-hydrogen) atoms. The van der Waals surface area contributed by atoms with E-state index in [1.807, 2.05) is 0 Å². The minimum absolute atomic E-state index is 0.277. The molecule has 1 saturated carbocycles. The van der Waals surface area contributed by atoms with Crippen molar-refractivity contribution in [2.24, 2.45) is 0 Å². The minimum Gasteiger partial charge on any atom is -0.367 e. The van der Waals surface area contributed by atoms with Gasteiger partial charge in [-0.2, -0.15) is 0 Å². The third-order valence-electron chi connectivity index (χ3n) is 3.01. The van der Waals surface area contributed by atoms with Gasteiger partial charge in [-0.25, -0.2) is 9.97 Å². The van der Waals surface area contributed by atoms with E-state index in [1.165, 1.54) is 6.33 Å². The molecule has 2 aromatic rings. The van der Waals surface area contributed by atoms with Gasteiger partial charge in [-0.1, -0.05) is 23.2 Å². The summed E-state index contributed by atoms with van der Waals surface area (Å²) in [6.07, 6.45) is 3.63. The minimum atomic E-state index is -0.347. The summed E-state index contributed by atoms with van der Waals surface area (Å²) in [5.74, 6) is 0.306. The summed E-state index contributed by atoms with van der Waals surface area (Å²) in [6.45, 7) is 0. The van der Waals surface area contributed by atoms with Crippen molar-refractivity contribution in [1.29, 1.82) is 0 Å². The molecule has 0 atom stereocenters. The van der Waals surface area contributed by atoms with E-state index < -0.39 is 0 Å². The van der Waals surface area contributed by atoms with Crippen LogP contribution in [0.25, 0.3) is 0 Å². The van der Waals surface area contributed by atoms with Crippen molar-refractivity contribution in [3.8, 4) is 0 Å². The van der Waals surface area contributed by atoms with Crippen molar-refractivity contribution in [1.82, 2.24) is 9.97 Å². The zero-order chi connectivity index (χ0) is 14.8. The summed E-state index contributed by atoms with van der Waals surface area (Å²) in [7, 11) is 0. The number of carbonyl (C=O) groups excluding carboxylic acids is 1. The topological polar surface area (TPSA) is 66.9 Å². The molecule has 2 N–H and O–H groups in total. The highest BCUT2D eigenvalue weighted by Gasteiger charge is 2.21. The molecule has 0 aliphatic heterocycles. The number of rotatable bonds is 4. The molecule has 0 radical (unpaired) electrons. The Kier molecular flexibility index (Phi) is 3.94. The van der Waals surface area contributed by atoms with Crippen molar-refractivity contribution in [3.05, 3.63) is 46.3 Å². The lowest BCUT2D eigenvalue weighted by atomic mass is 10.3. The number of amides is 1. The van der Waals surface area contributed by atoms with E-state index in [9.17, 15) is 4.79 Å². The zero-order valence-corrected chi connectivity index (χ0v) is 12.4. The normalized spacial score (nSPS) is 13.8. The molecule has 5 nitrogen and oxygen atoms in total. The number of benzene rings is 1. The maximum Gasteiger partial charge on any atom is 0.274 e. The molecule has 3 rings (SSSR count). The van der Waals surface area contributed by atoms with Crippen molar-refractivity contribution < 1.29 is 4.79 Å². The molecular weight excluding hydrogens is 311 g/mol. The average Bonchev–Trinajstić information content (AvgIpc) is 3.26. The first-order valence-electron chi connectivity index (χ1n) is 6.47. The van der Waals surface area contributed by atoms with Crippen molar-refractivity contribution in [3.63, 3.8) is 0 Å². The Balaban J connectivity index is 1.75. The van der Waals surface area contributed by atoms with Crippen LogP contribution in [0.15, 0.2) is 30.6 Å². The van der Waals surface area contributed by atoms with Gasteiger partial charge < -0.3 is 10.6 Å². The molecule has 1 aromatic heterocycles. The summed E-state index contributed by atoms with van der Waals surface area (Å²) in [5.41, 5.74) is 0.764. The zero-order valence-electron chi connectivity index (χ0n) is 10.9. The largest absolute Gasteiger partial charge is 0.367 e. The second-order valence-corrected chi connectivity index (χ2v) is 5.63. The maximum absolute atomic E-state index is 12.2. The molecule has 0 unspecified atom stereocenters. The number of aromatic nitrogens is 2. The Morgan fingerprint density at radius 3 is 2.71 bits per heavy atom. The van der Waals surface area contributed by atoms with Crippen LogP contribution >= 0.6 is 23.2 Å². The molecule has 1 amide bonds. The fraction of sp³-hybridized carbons (Fsp3) is 0.214. The smallest absolute Gasteiger partial charge is 0.274 e. The highest BCUT2D eigenvalue weighted by atomic mass is 35.5. The lowest BCUT2D eigenvalue weighted by Gasteiger charge is -2.08. The fourth-order valence-electron chi connectivity index (χ4n) is 1.77. The lowest BCUT2D eigenvalue weighted by molar-refractivity contribution is 0.102. The van der Waals surface area contributed by atoms with Gasteiger partial charge >= 0.3 is 0 Å². The Labute approximate surface area is 131 Å². The summed E-state index contributed by atoms with van der Waals surface area (Å²) < 4.78 is 0. The Bertz CT molecular complexity index is 688. The summed E-state index contributed by atoms with van der Waals surface area (Å²) in [6, 6.07) is 6.95. The van der Waals surface area contributed by atoms with E-state index in [-0.39, 0.29) is 11.6 Å². The summed E-state index contributed by atoms with van der Waals surface area (Å²) >= 11 is 11.8. The fourth-order valence-corrected chi connectivity index (χ4v) is 2.23. The van der Waals surface area contributed by atoms with Crippen molar-refractivity contribution in [2.45, 2.75) is 18.9 Å². The highest BCUT2D eigenvalue weighted by molar-refractivity contribution is 6.36. The molecule has 0 spiro atoms. The van der Waals surface area contributed by atoms with Crippen LogP contribution in [-0.4, -0.2) is 21.9 Å². The van der Waals surface area contributed by atoms with E-state index in [2.05, 4.69) is 20.6 Å². The first-order valence-corrected chi connectivity index (χ1v) is 7.22. The molecule has 1 aliphatic rings. The van der Waals surface area contributed by atoms with Crippen LogP contribution < -0.4 is 10.6 Å². The van der Waals surface area contributed by atoms with Gasteiger partial charge in [0.1, 0.15) is 17.8 Å². The monoisotopic (exact) mass is 322 g/mol. The van der Waals surface area contributed by atoms with E-state index in [1.54, 1.807) is 24.3 Å². The maximum atomic E-state index is 12.2. The molecule has 1 heterocycles. The predicted octanol–water partition coefficient (Wildman–Crippen LogP) is 3.61. The average molecular weight is 323 g/mol. The van der Waals surface area contributed by atoms with Gasteiger partial charge in [0.2, 0.25) is 0 Å². The van der Waals surface area contributed by atoms with Gasteiger partial charge in [0, 0.05) is 17.1 Å². The first-order chi connectivity index (χ1) is 10.1. The van der Waals surface area contributed by atoms with Gasteiger partial charge in [0.15, 0.2) is 0 Å². The van der Waals surface area contributed by atoms with Crippen LogP contribution in [-0.2, 0) is 0 Å². The van der Waals surface area contributed by atoms with Crippen LogP contribution in [0.4, 0.5) is 11.5 Å². The molecule has 0 bridgehead atoms. The van der Waals surface area contributed by atoms with Crippen LogP contribution in [0.3, 0.4) is 0 Å². The SMILES string of the molecule is O=C(Nc1ccc(Cl)cc1Cl)c1cc(NC2CC2)ncn1. The number of anilines is 2. The number of nitrogens with zero attached hydrogens (tertiary/aromatic N) is 2. The van der Waals surface area contributed by atoms with Gasteiger partial charge in [-0.3, -0.25) is 4.79 Å². The number of hydrogen-bond donors (Lipinski definition) is 2. The number of halogens is 2. The number of carbonyl (C=O) groups is 1. The Morgan fingerprint density at radius 2 is 2.00 bits per heavy atom.